The van der Waals surface area contributed by atoms with Gasteiger partial charge >= 0.3 is 5.97 Å². The minimum absolute atomic E-state index is 0.00722. The van der Waals surface area contributed by atoms with Crippen LogP contribution in [0.25, 0.3) is 0 Å². The lowest BCUT2D eigenvalue weighted by molar-refractivity contribution is -0.133. The number of carboxylic acid groups (broad SMARTS) is 1. The number of nitrogens with one attached hydrogen (secondary N) is 2. The third-order valence-electron chi connectivity index (χ3n) is 3.07. The number of amides is 1. The first-order chi connectivity index (χ1) is 12.2. The highest BCUT2D eigenvalue weighted by Crippen LogP contribution is 2.18. The molecule has 0 fully saturated rings. The fourth-order valence-corrected chi connectivity index (χ4v) is 3.08. The highest BCUT2D eigenvalue weighted by Gasteiger charge is 2.13. The van der Waals surface area contributed by atoms with E-state index in [9.17, 15) is 18.0 Å². The van der Waals surface area contributed by atoms with Gasteiger partial charge in [0.05, 0.1) is 18.6 Å². The molecular formula is C16H18N2O6S2. The van der Waals surface area contributed by atoms with Crippen molar-refractivity contribution < 1.29 is 27.5 Å². The Balaban J connectivity index is 1.95. The van der Waals surface area contributed by atoms with E-state index in [1.165, 1.54) is 23.9 Å². The van der Waals surface area contributed by atoms with Crippen LogP contribution in [0.3, 0.4) is 0 Å². The highest BCUT2D eigenvalue weighted by atomic mass is 32.2. The van der Waals surface area contributed by atoms with E-state index in [-0.39, 0.29) is 18.1 Å². The highest BCUT2D eigenvalue weighted by molar-refractivity contribution is 7.99. The molecule has 10 heteroatoms. The zero-order valence-corrected chi connectivity index (χ0v) is 15.5. The number of aliphatic carboxylic acids is 1. The van der Waals surface area contributed by atoms with Gasteiger partial charge in [0.1, 0.15) is 5.76 Å². The Morgan fingerprint density at radius 1 is 1.23 bits per heavy atom. The van der Waals surface area contributed by atoms with Crippen LogP contribution in [0.5, 0.6) is 0 Å². The SMILES string of the molecule is CS(=O)(=O)NCc1ccc(C(=O)Nc2cccc(CSCC(=O)O)c2)o1. The fraction of sp³-hybridized carbons (Fsp3) is 0.250. The number of rotatable bonds is 9. The number of carboxylic acids is 1. The summed E-state index contributed by atoms with van der Waals surface area (Å²) in [5.41, 5.74) is 1.43. The zero-order chi connectivity index (χ0) is 19.2. The van der Waals surface area contributed by atoms with Crippen molar-refractivity contribution in [2.75, 3.05) is 17.3 Å². The van der Waals surface area contributed by atoms with Crippen molar-refractivity contribution in [2.45, 2.75) is 12.3 Å². The molecular weight excluding hydrogens is 380 g/mol. The van der Waals surface area contributed by atoms with Gasteiger partial charge in [-0.1, -0.05) is 12.1 Å². The molecule has 1 amide bonds. The average molecular weight is 398 g/mol. The Morgan fingerprint density at radius 3 is 2.69 bits per heavy atom. The number of sulfonamides is 1. The molecule has 0 aliphatic carbocycles. The molecule has 1 aromatic heterocycles. The second-order valence-corrected chi connectivity index (χ2v) is 8.22. The summed E-state index contributed by atoms with van der Waals surface area (Å²) in [6.45, 7) is -0.0393. The van der Waals surface area contributed by atoms with Gasteiger partial charge in [0, 0.05) is 11.4 Å². The molecule has 1 heterocycles. The van der Waals surface area contributed by atoms with Crippen molar-refractivity contribution >= 4 is 39.3 Å². The van der Waals surface area contributed by atoms with E-state index in [0.717, 1.165) is 11.8 Å². The number of thioether (sulfide) groups is 1. The number of benzene rings is 1. The van der Waals surface area contributed by atoms with E-state index in [0.29, 0.717) is 17.2 Å². The molecule has 0 saturated heterocycles. The summed E-state index contributed by atoms with van der Waals surface area (Å²) in [4.78, 5) is 22.8. The van der Waals surface area contributed by atoms with Gasteiger partial charge in [0.25, 0.3) is 5.91 Å². The molecule has 0 aliphatic rings. The summed E-state index contributed by atoms with van der Waals surface area (Å²) < 4.78 is 29.7. The van der Waals surface area contributed by atoms with Crippen LogP contribution in [-0.2, 0) is 27.1 Å². The van der Waals surface area contributed by atoms with Crippen molar-refractivity contribution in [3.63, 3.8) is 0 Å². The molecule has 0 spiro atoms. The quantitative estimate of drug-likeness (QED) is 0.589. The van der Waals surface area contributed by atoms with Crippen molar-refractivity contribution in [1.29, 1.82) is 0 Å². The molecule has 8 nitrogen and oxygen atoms in total. The summed E-state index contributed by atoms with van der Waals surface area (Å²) in [6, 6.07) is 10.0. The van der Waals surface area contributed by atoms with Gasteiger partial charge < -0.3 is 14.8 Å². The van der Waals surface area contributed by atoms with Gasteiger partial charge in [-0.25, -0.2) is 13.1 Å². The van der Waals surface area contributed by atoms with E-state index in [1.54, 1.807) is 18.2 Å². The lowest BCUT2D eigenvalue weighted by Gasteiger charge is -2.06. The Bertz CT molecular complexity index is 892. The Kier molecular flexibility index (Phi) is 6.83. The number of carbonyl (C=O) groups is 2. The number of hydrogen-bond acceptors (Lipinski definition) is 6. The van der Waals surface area contributed by atoms with E-state index >= 15 is 0 Å². The maximum atomic E-state index is 12.2. The van der Waals surface area contributed by atoms with Crippen LogP contribution in [0.15, 0.2) is 40.8 Å². The van der Waals surface area contributed by atoms with E-state index in [4.69, 9.17) is 9.52 Å². The molecule has 0 bridgehead atoms. The van der Waals surface area contributed by atoms with Crippen molar-refractivity contribution in [3.05, 3.63) is 53.5 Å². The number of furan rings is 1. The normalized spacial score (nSPS) is 11.3. The van der Waals surface area contributed by atoms with Gasteiger partial charge in [0.2, 0.25) is 10.0 Å². The first-order valence-electron chi connectivity index (χ1n) is 7.46. The molecule has 0 aliphatic heterocycles. The molecule has 2 rings (SSSR count). The summed E-state index contributed by atoms with van der Waals surface area (Å²) in [7, 11) is -3.35. The Labute approximate surface area is 155 Å². The summed E-state index contributed by atoms with van der Waals surface area (Å²) in [5.74, 6) is -0.449. The molecule has 2 aromatic rings. The van der Waals surface area contributed by atoms with Gasteiger partial charge in [-0.15, -0.1) is 11.8 Å². The van der Waals surface area contributed by atoms with Crippen LogP contribution in [0.2, 0.25) is 0 Å². The van der Waals surface area contributed by atoms with Crippen molar-refractivity contribution in [1.82, 2.24) is 4.72 Å². The third-order valence-corrected chi connectivity index (χ3v) is 4.73. The van der Waals surface area contributed by atoms with Crippen molar-refractivity contribution in [3.8, 4) is 0 Å². The first kappa shape index (κ1) is 20.0. The molecule has 140 valence electrons. The lowest BCUT2D eigenvalue weighted by atomic mass is 10.2. The van der Waals surface area contributed by atoms with Crippen LogP contribution in [0.1, 0.15) is 21.9 Å². The Morgan fingerprint density at radius 2 is 2.00 bits per heavy atom. The van der Waals surface area contributed by atoms with Crippen LogP contribution < -0.4 is 10.0 Å². The van der Waals surface area contributed by atoms with E-state index in [1.807, 2.05) is 6.07 Å². The van der Waals surface area contributed by atoms with Crippen LogP contribution in [0, 0.1) is 0 Å². The van der Waals surface area contributed by atoms with Crippen LogP contribution >= 0.6 is 11.8 Å². The number of anilines is 1. The van der Waals surface area contributed by atoms with Gasteiger partial charge in [-0.3, -0.25) is 9.59 Å². The summed E-state index contributed by atoms with van der Waals surface area (Å²) >= 11 is 1.26. The predicted molar refractivity (Wildman–Crippen MR) is 98.6 cm³/mol. The largest absolute Gasteiger partial charge is 0.481 e. The second-order valence-electron chi connectivity index (χ2n) is 5.40. The minimum Gasteiger partial charge on any atom is -0.481 e. The number of hydrogen-bond donors (Lipinski definition) is 3. The van der Waals surface area contributed by atoms with Gasteiger partial charge in [-0.2, -0.15) is 0 Å². The van der Waals surface area contributed by atoms with Gasteiger partial charge in [-0.05, 0) is 29.8 Å². The topological polar surface area (TPSA) is 126 Å². The molecule has 0 radical (unpaired) electrons. The fourth-order valence-electron chi connectivity index (χ4n) is 1.98. The van der Waals surface area contributed by atoms with E-state index < -0.39 is 21.9 Å². The van der Waals surface area contributed by atoms with Crippen LogP contribution in [-0.4, -0.2) is 37.4 Å². The molecule has 0 saturated carbocycles. The van der Waals surface area contributed by atoms with E-state index in [2.05, 4.69) is 10.0 Å². The third kappa shape index (κ3) is 6.90. The molecule has 26 heavy (non-hydrogen) atoms. The van der Waals surface area contributed by atoms with Crippen LogP contribution in [0.4, 0.5) is 5.69 Å². The molecule has 0 atom stereocenters. The minimum atomic E-state index is -3.35. The Hall–Kier alpha value is -2.30. The molecule has 1 aromatic carbocycles. The maximum Gasteiger partial charge on any atom is 0.313 e. The number of carbonyl (C=O) groups excluding carboxylic acids is 1. The average Bonchev–Trinajstić information content (AvgIpc) is 3.01. The van der Waals surface area contributed by atoms with Gasteiger partial charge in [0.15, 0.2) is 5.76 Å². The summed E-state index contributed by atoms with van der Waals surface area (Å²) in [5, 5.41) is 11.3. The monoisotopic (exact) mass is 398 g/mol. The first-order valence-corrected chi connectivity index (χ1v) is 10.5. The smallest absolute Gasteiger partial charge is 0.313 e. The summed E-state index contributed by atoms with van der Waals surface area (Å²) in [6.07, 6.45) is 1.03. The zero-order valence-electron chi connectivity index (χ0n) is 13.9. The standard InChI is InChI=1S/C16H18N2O6S2/c1-26(22,23)17-8-13-5-6-14(24-13)16(21)18-12-4-2-3-11(7-12)9-25-10-15(19)20/h2-7,17H,8-10H2,1H3,(H,18,21)(H,19,20). The second kappa shape index (κ2) is 8.88. The maximum absolute atomic E-state index is 12.2. The molecule has 0 unspecified atom stereocenters. The van der Waals surface area contributed by atoms with Crippen molar-refractivity contribution in [2.24, 2.45) is 0 Å². The predicted octanol–water partition coefficient (Wildman–Crippen LogP) is 1.90. The lowest BCUT2D eigenvalue weighted by Crippen LogP contribution is -2.20. The molecule has 3 N–H and O–H groups in total.